The highest BCUT2D eigenvalue weighted by atomic mass is 79.9. The summed E-state index contributed by atoms with van der Waals surface area (Å²) < 4.78 is 1.03. The van der Waals surface area contributed by atoms with E-state index in [1.807, 2.05) is 36.7 Å². The van der Waals surface area contributed by atoms with Crippen LogP contribution in [-0.2, 0) is 13.1 Å². The molecule has 1 N–H and O–H groups in total. The van der Waals surface area contributed by atoms with Crippen LogP contribution in [0.5, 0.6) is 0 Å². The van der Waals surface area contributed by atoms with E-state index in [1.165, 1.54) is 16.7 Å². The number of hydrogen-bond donors (Lipinski definition) is 1. The maximum atomic E-state index is 5.91. The van der Waals surface area contributed by atoms with E-state index in [0.29, 0.717) is 0 Å². The van der Waals surface area contributed by atoms with E-state index < -0.39 is 0 Å². The van der Waals surface area contributed by atoms with Crippen LogP contribution in [0.1, 0.15) is 16.7 Å². The number of nitrogens with one attached hydrogen (secondary N) is 1. The van der Waals surface area contributed by atoms with Crippen LogP contribution in [0.2, 0.25) is 5.02 Å². The molecular weight excluding hydrogens is 312 g/mol. The number of benzene rings is 1. The van der Waals surface area contributed by atoms with Gasteiger partial charge in [0.1, 0.15) is 0 Å². The van der Waals surface area contributed by atoms with Gasteiger partial charge in [-0.3, -0.25) is 4.98 Å². The molecule has 2 rings (SSSR count). The summed E-state index contributed by atoms with van der Waals surface area (Å²) in [5, 5.41) is 4.15. The second-order valence-electron chi connectivity index (χ2n) is 4.14. The van der Waals surface area contributed by atoms with Gasteiger partial charge >= 0.3 is 0 Å². The van der Waals surface area contributed by atoms with Crippen LogP contribution >= 0.6 is 27.5 Å². The Labute approximate surface area is 121 Å². The monoisotopic (exact) mass is 324 g/mol. The number of halogens is 2. The van der Waals surface area contributed by atoms with Crippen molar-refractivity contribution in [1.82, 2.24) is 10.3 Å². The summed E-state index contributed by atoms with van der Waals surface area (Å²) in [6.45, 7) is 3.71. The van der Waals surface area contributed by atoms with Crippen molar-refractivity contribution in [3.05, 3.63) is 62.8 Å². The highest BCUT2D eigenvalue weighted by molar-refractivity contribution is 9.10. The van der Waals surface area contributed by atoms with E-state index in [0.717, 1.165) is 22.6 Å². The van der Waals surface area contributed by atoms with Gasteiger partial charge in [-0.1, -0.05) is 33.6 Å². The number of aromatic nitrogens is 1. The molecule has 0 saturated carbocycles. The quantitative estimate of drug-likeness (QED) is 0.915. The Balaban J connectivity index is 1.95. The molecule has 0 bridgehead atoms. The molecule has 2 nitrogen and oxygen atoms in total. The number of hydrogen-bond acceptors (Lipinski definition) is 2. The molecule has 1 aromatic carbocycles. The van der Waals surface area contributed by atoms with Gasteiger partial charge in [0.2, 0.25) is 0 Å². The van der Waals surface area contributed by atoms with Crippen molar-refractivity contribution in [3.8, 4) is 0 Å². The highest BCUT2D eigenvalue weighted by Gasteiger charge is 2.01. The second-order valence-corrected chi connectivity index (χ2v) is 5.43. The second kappa shape index (κ2) is 6.32. The summed E-state index contributed by atoms with van der Waals surface area (Å²) in [5.41, 5.74) is 3.68. The van der Waals surface area contributed by atoms with Crippen LogP contribution < -0.4 is 5.32 Å². The van der Waals surface area contributed by atoms with Crippen LogP contribution in [-0.4, -0.2) is 4.98 Å². The van der Waals surface area contributed by atoms with Crippen LogP contribution in [0.15, 0.2) is 41.1 Å². The van der Waals surface area contributed by atoms with Gasteiger partial charge in [0.05, 0.1) is 0 Å². The summed E-state index contributed by atoms with van der Waals surface area (Å²) in [5.74, 6) is 0. The molecule has 0 atom stereocenters. The van der Waals surface area contributed by atoms with Crippen molar-refractivity contribution in [3.63, 3.8) is 0 Å². The smallest absolute Gasteiger partial charge is 0.0417 e. The Kier molecular flexibility index (Phi) is 4.75. The third-order valence-electron chi connectivity index (χ3n) is 2.79. The summed E-state index contributed by atoms with van der Waals surface area (Å²) in [4.78, 5) is 4.13. The molecule has 0 fully saturated rings. The number of rotatable bonds is 4. The molecule has 0 spiro atoms. The van der Waals surface area contributed by atoms with Gasteiger partial charge in [-0.2, -0.15) is 0 Å². The number of nitrogens with zero attached hydrogens (tertiary/aromatic N) is 1. The van der Waals surface area contributed by atoms with E-state index in [-0.39, 0.29) is 0 Å². The standard InChI is InChI=1S/C14H14BrClN2/c1-10-4-5-17-8-12(10)9-18-7-11-2-3-13(16)6-14(11)15/h2-6,8,18H,7,9H2,1H3. The minimum absolute atomic E-state index is 0.744. The first-order valence-electron chi connectivity index (χ1n) is 5.71. The minimum Gasteiger partial charge on any atom is -0.309 e. The summed E-state index contributed by atoms with van der Waals surface area (Å²) in [7, 11) is 0. The molecule has 2 aromatic rings. The van der Waals surface area contributed by atoms with Crippen molar-refractivity contribution in [2.45, 2.75) is 20.0 Å². The average molecular weight is 326 g/mol. The lowest BCUT2D eigenvalue weighted by Gasteiger charge is -2.08. The van der Waals surface area contributed by atoms with Gasteiger partial charge in [0.15, 0.2) is 0 Å². The zero-order valence-corrected chi connectivity index (χ0v) is 12.4. The molecule has 4 heteroatoms. The van der Waals surface area contributed by atoms with Crippen LogP contribution in [0.3, 0.4) is 0 Å². The van der Waals surface area contributed by atoms with E-state index in [2.05, 4.69) is 33.2 Å². The van der Waals surface area contributed by atoms with Gasteiger partial charge < -0.3 is 5.32 Å². The van der Waals surface area contributed by atoms with Crippen molar-refractivity contribution in [1.29, 1.82) is 0 Å². The molecule has 0 aliphatic carbocycles. The molecular formula is C14H14BrClN2. The van der Waals surface area contributed by atoms with Gasteiger partial charge in [-0.05, 0) is 41.8 Å². The first kappa shape index (κ1) is 13.5. The third kappa shape index (κ3) is 3.55. The topological polar surface area (TPSA) is 24.9 Å². The van der Waals surface area contributed by atoms with Crippen molar-refractivity contribution >= 4 is 27.5 Å². The maximum absolute atomic E-state index is 5.91. The Hall–Kier alpha value is -0.900. The molecule has 1 aromatic heterocycles. The minimum atomic E-state index is 0.744. The lowest BCUT2D eigenvalue weighted by atomic mass is 10.1. The normalized spacial score (nSPS) is 10.6. The molecule has 0 aliphatic heterocycles. The van der Waals surface area contributed by atoms with Gasteiger partial charge in [0, 0.05) is 35.0 Å². The molecule has 94 valence electrons. The predicted octanol–water partition coefficient (Wildman–Crippen LogP) is 4.10. The Morgan fingerprint density at radius 3 is 2.72 bits per heavy atom. The summed E-state index contributed by atoms with van der Waals surface area (Å²) >= 11 is 9.42. The summed E-state index contributed by atoms with van der Waals surface area (Å²) in [6, 6.07) is 7.86. The number of aryl methyl sites for hydroxylation is 1. The zero-order chi connectivity index (χ0) is 13.0. The molecule has 18 heavy (non-hydrogen) atoms. The molecule has 0 radical (unpaired) electrons. The predicted molar refractivity (Wildman–Crippen MR) is 78.7 cm³/mol. The SMILES string of the molecule is Cc1ccncc1CNCc1ccc(Cl)cc1Br. The average Bonchev–Trinajstić information content (AvgIpc) is 2.34. The van der Waals surface area contributed by atoms with Crippen LogP contribution in [0.4, 0.5) is 0 Å². The zero-order valence-electron chi connectivity index (χ0n) is 10.1. The van der Waals surface area contributed by atoms with E-state index in [4.69, 9.17) is 11.6 Å². The maximum Gasteiger partial charge on any atom is 0.0417 e. The fourth-order valence-corrected chi connectivity index (χ4v) is 2.50. The first-order valence-corrected chi connectivity index (χ1v) is 6.88. The van der Waals surface area contributed by atoms with E-state index in [1.54, 1.807) is 0 Å². The number of pyridine rings is 1. The van der Waals surface area contributed by atoms with E-state index >= 15 is 0 Å². The Morgan fingerprint density at radius 1 is 1.22 bits per heavy atom. The largest absolute Gasteiger partial charge is 0.309 e. The molecule has 0 amide bonds. The van der Waals surface area contributed by atoms with Crippen molar-refractivity contribution in [2.24, 2.45) is 0 Å². The Morgan fingerprint density at radius 2 is 2.00 bits per heavy atom. The highest BCUT2D eigenvalue weighted by Crippen LogP contribution is 2.21. The van der Waals surface area contributed by atoms with Crippen molar-refractivity contribution < 1.29 is 0 Å². The van der Waals surface area contributed by atoms with Crippen molar-refractivity contribution in [2.75, 3.05) is 0 Å². The van der Waals surface area contributed by atoms with Crippen LogP contribution in [0, 0.1) is 6.92 Å². The fraction of sp³-hybridized carbons (Fsp3) is 0.214. The molecule has 0 saturated heterocycles. The molecule has 0 aliphatic rings. The Bertz CT molecular complexity index is 543. The van der Waals surface area contributed by atoms with Gasteiger partial charge in [0.25, 0.3) is 0 Å². The van der Waals surface area contributed by atoms with Gasteiger partial charge in [-0.25, -0.2) is 0 Å². The van der Waals surface area contributed by atoms with Gasteiger partial charge in [-0.15, -0.1) is 0 Å². The van der Waals surface area contributed by atoms with Crippen LogP contribution in [0.25, 0.3) is 0 Å². The first-order chi connectivity index (χ1) is 8.66. The molecule has 1 heterocycles. The summed E-state index contributed by atoms with van der Waals surface area (Å²) in [6.07, 6.45) is 3.72. The lowest BCUT2D eigenvalue weighted by Crippen LogP contribution is -2.14. The fourth-order valence-electron chi connectivity index (χ4n) is 1.68. The van der Waals surface area contributed by atoms with E-state index in [9.17, 15) is 0 Å². The third-order valence-corrected chi connectivity index (χ3v) is 3.77. The lowest BCUT2D eigenvalue weighted by molar-refractivity contribution is 0.687. The molecule has 0 unspecified atom stereocenters.